The minimum absolute atomic E-state index is 0.521. The molecule has 1 aliphatic heterocycles. The van der Waals surface area contributed by atoms with E-state index in [1.807, 2.05) is 23.1 Å². The molecule has 1 spiro atoms. The average molecular weight is 735 g/mol. The Morgan fingerprint density at radius 3 is 1.82 bits per heavy atom. The van der Waals surface area contributed by atoms with Crippen LogP contribution in [0.2, 0.25) is 0 Å². The van der Waals surface area contributed by atoms with E-state index < -0.39 is 5.41 Å². The Kier molecular flexibility index (Phi) is 6.68. The van der Waals surface area contributed by atoms with Crippen LogP contribution in [0, 0.1) is 0 Å². The van der Waals surface area contributed by atoms with Gasteiger partial charge < -0.3 is 0 Å². The largest absolute Gasteiger partial charge is 0.228 e. The van der Waals surface area contributed by atoms with E-state index in [0.29, 0.717) is 0 Å². The van der Waals surface area contributed by atoms with Gasteiger partial charge in [0.25, 0.3) is 0 Å². The molecule has 0 atom stereocenters. The van der Waals surface area contributed by atoms with Gasteiger partial charge in [-0.1, -0.05) is 157 Å². The van der Waals surface area contributed by atoms with Gasteiger partial charge in [-0.3, -0.25) is 0 Å². The SMILES string of the molecule is c1ccc2c(c1)Sc1ccccc1C21c2ccccc2-c2cccc(-c3nc(-c4ccc(-c5ccc6sc7ccccc7c6c5)cc4)c4ccccc4n3)c21. The first-order valence-corrected chi connectivity index (χ1v) is 20.3. The van der Waals surface area contributed by atoms with Crippen LogP contribution in [-0.2, 0) is 5.41 Å². The molecule has 0 radical (unpaired) electrons. The van der Waals surface area contributed by atoms with Crippen molar-refractivity contribution in [1.82, 2.24) is 9.97 Å². The third-order valence-electron chi connectivity index (χ3n) is 11.6. The van der Waals surface area contributed by atoms with Crippen LogP contribution in [-0.4, -0.2) is 9.97 Å². The van der Waals surface area contributed by atoms with Gasteiger partial charge in [0.1, 0.15) is 0 Å². The highest BCUT2D eigenvalue weighted by Gasteiger charge is 2.51. The van der Waals surface area contributed by atoms with Gasteiger partial charge >= 0.3 is 0 Å². The standard InChI is InChI=1S/C51H30N2S2/c1-4-17-40-34(12-1)36-15-11-16-38(48(36)51(40)41-18-5-9-22-46(41)55-47-23-10-6-19-42(47)51)50-52-43-20-7-2-14-37(43)49(53-50)32-26-24-31(25-27-32)33-28-29-45-39(30-33)35-13-3-8-21-44(35)54-45/h1-30H. The van der Waals surface area contributed by atoms with Crippen LogP contribution in [0.5, 0.6) is 0 Å². The second kappa shape index (κ2) is 11.8. The smallest absolute Gasteiger partial charge is 0.160 e. The molecule has 0 saturated carbocycles. The van der Waals surface area contributed by atoms with Crippen LogP contribution in [0.15, 0.2) is 192 Å². The number of aromatic nitrogens is 2. The molecule has 2 aliphatic rings. The monoisotopic (exact) mass is 734 g/mol. The fourth-order valence-corrected chi connectivity index (χ4v) is 11.5. The lowest BCUT2D eigenvalue weighted by atomic mass is 9.66. The minimum Gasteiger partial charge on any atom is -0.228 e. The number of thiophene rings is 1. The van der Waals surface area contributed by atoms with Crippen LogP contribution in [0.3, 0.4) is 0 Å². The molecular formula is C51H30N2S2. The van der Waals surface area contributed by atoms with Crippen LogP contribution in [0.25, 0.3) is 76.0 Å². The Bertz CT molecular complexity index is 3150. The van der Waals surface area contributed by atoms with E-state index in [0.717, 1.165) is 33.5 Å². The molecule has 0 amide bonds. The van der Waals surface area contributed by atoms with Gasteiger partial charge in [0.2, 0.25) is 0 Å². The summed E-state index contributed by atoms with van der Waals surface area (Å²) in [6.45, 7) is 0. The van der Waals surface area contributed by atoms with Crippen LogP contribution >= 0.6 is 23.1 Å². The summed E-state index contributed by atoms with van der Waals surface area (Å²) in [7, 11) is 0. The second-order valence-electron chi connectivity index (χ2n) is 14.4. The molecule has 4 heteroatoms. The zero-order chi connectivity index (χ0) is 36.1. The van der Waals surface area contributed by atoms with Gasteiger partial charge in [-0.15, -0.1) is 11.3 Å². The van der Waals surface area contributed by atoms with Gasteiger partial charge in [-0.2, -0.15) is 0 Å². The van der Waals surface area contributed by atoms with Crippen molar-refractivity contribution in [2.24, 2.45) is 0 Å². The van der Waals surface area contributed by atoms with Gasteiger partial charge in [0.05, 0.1) is 16.6 Å². The zero-order valence-electron chi connectivity index (χ0n) is 29.5. The van der Waals surface area contributed by atoms with E-state index in [2.05, 4.69) is 182 Å². The lowest BCUT2D eigenvalue weighted by Crippen LogP contribution is -2.32. The van der Waals surface area contributed by atoms with Crippen LogP contribution < -0.4 is 0 Å². The third kappa shape index (κ3) is 4.44. The minimum atomic E-state index is -0.521. The first-order valence-electron chi connectivity index (χ1n) is 18.7. The number of para-hydroxylation sites is 1. The summed E-state index contributed by atoms with van der Waals surface area (Å²) in [6.07, 6.45) is 0. The van der Waals surface area contributed by atoms with Crippen molar-refractivity contribution in [1.29, 1.82) is 0 Å². The molecule has 10 aromatic rings. The molecule has 0 N–H and O–H groups in total. The molecule has 8 aromatic carbocycles. The van der Waals surface area contributed by atoms with E-state index >= 15 is 0 Å². The molecule has 2 nitrogen and oxygen atoms in total. The number of fused-ring (bicyclic) bond motifs is 13. The summed E-state index contributed by atoms with van der Waals surface area (Å²) in [5.74, 6) is 0.741. The maximum atomic E-state index is 5.53. The Labute approximate surface area is 326 Å². The predicted molar refractivity (Wildman–Crippen MR) is 230 cm³/mol. The number of hydrogen-bond donors (Lipinski definition) is 0. The maximum absolute atomic E-state index is 5.53. The molecule has 55 heavy (non-hydrogen) atoms. The quantitative estimate of drug-likeness (QED) is 0.181. The molecule has 0 fully saturated rings. The summed E-state index contributed by atoms with van der Waals surface area (Å²) in [5, 5.41) is 3.67. The summed E-state index contributed by atoms with van der Waals surface area (Å²) in [5.41, 5.74) is 13.6. The summed E-state index contributed by atoms with van der Waals surface area (Å²) in [4.78, 5) is 13.5. The van der Waals surface area contributed by atoms with E-state index in [-0.39, 0.29) is 0 Å². The van der Waals surface area contributed by atoms with Crippen molar-refractivity contribution in [2.45, 2.75) is 15.2 Å². The number of rotatable bonds is 3. The van der Waals surface area contributed by atoms with Crippen LogP contribution in [0.4, 0.5) is 0 Å². The molecule has 0 saturated heterocycles. The molecular weight excluding hydrogens is 705 g/mol. The normalized spacial score (nSPS) is 13.5. The fourth-order valence-electron chi connectivity index (χ4n) is 9.24. The van der Waals surface area contributed by atoms with Crippen molar-refractivity contribution in [3.05, 3.63) is 204 Å². The van der Waals surface area contributed by atoms with E-state index in [1.165, 1.54) is 74.5 Å². The summed E-state index contributed by atoms with van der Waals surface area (Å²) >= 11 is 3.72. The molecule has 0 bridgehead atoms. The topological polar surface area (TPSA) is 25.8 Å². The van der Waals surface area contributed by atoms with Crippen molar-refractivity contribution in [3.63, 3.8) is 0 Å². The summed E-state index contributed by atoms with van der Waals surface area (Å²) in [6, 6.07) is 66.5. The molecule has 1 aliphatic carbocycles. The highest BCUT2D eigenvalue weighted by atomic mass is 32.2. The Morgan fingerprint density at radius 1 is 0.400 bits per heavy atom. The van der Waals surface area contributed by atoms with Crippen molar-refractivity contribution >= 4 is 54.2 Å². The second-order valence-corrected chi connectivity index (χ2v) is 16.6. The van der Waals surface area contributed by atoms with Gasteiger partial charge in [0, 0.05) is 46.5 Å². The molecule has 2 aromatic heterocycles. The van der Waals surface area contributed by atoms with E-state index in [9.17, 15) is 0 Å². The summed E-state index contributed by atoms with van der Waals surface area (Å²) < 4.78 is 2.64. The van der Waals surface area contributed by atoms with Crippen LogP contribution in [0.1, 0.15) is 22.3 Å². The fraction of sp³-hybridized carbons (Fsp3) is 0.0196. The average Bonchev–Trinajstić information content (AvgIpc) is 3.77. The molecule has 0 unspecified atom stereocenters. The van der Waals surface area contributed by atoms with Crippen molar-refractivity contribution in [3.8, 4) is 44.9 Å². The Morgan fingerprint density at radius 2 is 1.00 bits per heavy atom. The van der Waals surface area contributed by atoms with Crippen molar-refractivity contribution in [2.75, 3.05) is 0 Å². The van der Waals surface area contributed by atoms with Gasteiger partial charge in [-0.05, 0) is 80.9 Å². The number of hydrogen-bond acceptors (Lipinski definition) is 4. The molecule has 3 heterocycles. The first-order chi connectivity index (χ1) is 27.3. The number of benzene rings is 8. The van der Waals surface area contributed by atoms with Gasteiger partial charge in [-0.25, -0.2) is 9.97 Å². The Balaban J connectivity index is 1.06. The zero-order valence-corrected chi connectivity index (χ0v) is 31.2. The maximum Gasteiger partial charge on any atom is 0.160 e. The van der Waals surface area contributed by atoms with E-state index in [1.54, 1.807) is 0 Å². The van der Waals surface area contributed by atoms with Crippen molar-refractivity contribution < 1.29 is 0 Å². The third-order valence-corrected chi connectivity index (χ3v) is 13.9. The van der Waals surface area contributed by atoms with Gasteiger partial charge in [0.15, 0.2) is 5.82 Å². The van der Waals surface area contributed by atoms with E-state index in [4.69, 9.17) is 9.97 Å². The Hall–Kier alpha value is -6.33. The predicted octanol–water partition coefficient (Wildman–Crippen LogP) is 13.8. The molecule has 12 rings (SSSR count). The highest BCUT2D eigenvalue weighted by molar-refractivity contribution is 7.99. The lowest BCUT2D eigenvalue weighted by Gasteiger charge is -2.40. The first kappa shape index (κ1) is 31.1. The molecule has 256 valence electrons. The lowest BCUT2D eigenvalue weighted by molar-refractivity contribution is 0.723. The highest BCUT2D eigenvalue weighted by Crippen LogP contribution is 2.63. The number of nitrogens with zero attached hydrogens (tertiary/aromatic N) is 2.